The Hall–Kier alpha value is -1.62. The molecule has 0 atom stereocenters. The van der Waals surface area contributed by atoms with Gasteiger partial charge in [0.05, 0.1) is 13.7 Å². The van der Waals surface area contributed by atoms with E-state index in [1.54, 1.807) is 0 Å². The van der Waals surface area contributed by atoms with Crippen molar-refractivity contribution in [2.75, 3.05) is 13.7 Å². The number of aliphatic hydroxyl groups is 1. The maximum atomic E-state index is 12.9. The maximum absolute atomic E-state index is 12.9. The van der Waals surface area contributed by atoms with Crippen LogP contribution in [0.5, 0.6) is 5.75 Å². The molecule has 15 heavy (non-hydrogen) atoms. The zero-order valence-electron chi connectivity index (χ0n) is 8.20. The molecule has 0 radical (unpaired) electrons. The number of carbonyl (C=O) groups excluding carboxylic acids is 1. The van der Waals surface area contributed by atoms with E-state index in [2.05, 4.69) is 4.74 Å². The first-order chi connectivity index (χ1) is 7.15. The Morgan fingerprint density at radius 3 is 2.80 bits per heavy atom. The number of esters is 1. The monoisotopic (exact) mass is 214 g/mol. The lowest BCUT2D eigenvalue weighted by Gasteiger charge is -2.06. The minimum absolute atomic E-state index is 0.185. The maximum Gasteiger partial charge on any atom is 0.343 e. The quantitative estimate of drug-likeness (QED) is 0.755. The highest BCUT2D eigenvalue weighted by Gasteiger charge is 2.04. The molecule has 0 aromatic heterocycles. The third-order valence-corrected chi connectivity index (χ3v) is 1.70. The molecular formula is C10H11FO4. The number of carbonyl (C=O) groups is 1. The predicted molar refractivity (Wildman–Crippen MR) is 49.8 cm³/mol. The number of ether oxygens (including phenoxy) is 2. The first-order valence-corrected chi connectivity index (χ1v) is 4.25. The van der Waals surface area contributed by atoms with Gasteiger partial charge in [0.25, 0.3) is 0 Å². The molecule has 1 aromatic rings. The molecule has 5 heteroatoms. The van der Waals surface area contributed by atoms with E-state index < -0.39 is 11.8 Å². The van der Waals surface area contributed by atoms with Crippen molar-refractivity contribution in [2.24, 2.45) is 0 Å². The smallest absolute Gasteiger partial charge is 0.343 e. The normalized spacial score (nSPS) is 9.80. The van der Waals surface area contributed by atoms with E-state index >= 15 is 0 Å². The van der Waals surface area contributed by atoms with E-state index in [-0.39, 0.29) is 19.0 Å². The molecule has 82 valence electrons. The molecule has 0 aliphatic rings. The predicted octanol–water partition coefficient (Wildman–Crippen LogP) is 0.870. The van der Waals surface area contributed by atoms with E-state index in [1.807, 2.05) is 0 Å². The molecule has 0 spiro atoms. The van der Waals surface area contributed by atoms with Gasteiger partial charge >= 0.3 is 5.97 Å². The van der Waals surface area contributed by atoms with Gasteiger partial charge in [-0.1, -0.05) is 0 Å². The molecule has 0 unspecified atom stereocenters. The Labute approximate surface area is 86.2 Å². The van der Waals surface area contributed by atoms with E-state index in [1.165, 1.54) is 19.2 Å². The van der Waals surface area contributed by atoms with Crippen LogP contribution in [0.15, 0.2) is 18.2 Å². The molecule has 1 aromatic carbocycles. The SMILES string of the molecule is COC(=O)COc1cc(F)cc(CO)c1. The zero-order valence-corrected chi connectivity index (χ0v) is 8.20. The van der Waals surface area contributed by atoms with Crippen molar-refractivity contribution in [3.63, 3.8) is 0 Å². The van der Waals surface area contributed by atoms with Crippen molar-refractivity contribution in [2.45, 2.75) is 6.61 Å². The summed E-state index contributed by atoms with van der Waals surface area (Å²) in [7, 11) is 1.23. The highest BCUT2D eigenvalue weighted by atomic mass is 19.1. The van der Waals surface area contributed by atoms with Crippen LogP contribution in [-0.2, 0) is 16.1 Å². The van der Waals surface area contributed by atoms with Crippen LogP contribution in [0.1, 0.15) is 5.56 Å². The van der Waals surface area contributed by atoms with Crippen LogP contribution >= 0.6 is 0 Å². The molecule has 0 aliphatic carbocycles. The summed E-state index contributed by atoms with van der Waals surface area (Å²) < 4.78 is 22.2. The van der Waals surface area contributed by atoms with Gasteiger partial charge in [0.2, 0.25) is 0 Å². The minimum atomic E-state index is -0.551. The number of hydrogen-bond acceptors (Lipinski definition) is 4. The molecule has 1 N–H and O–H groups in total. The molecular weight excluding hydrogens is 203 g/mol. The number of rotatable bonds is 4. The van der Waals surface area contributed by atoms with Gasteiger partial charge in [-0.25, -0.2) is 9.18 Å². The Bertz CT molecular complexity index is 351. The lowest BCUT2D eigenvalue weighted by Crippen LogP contribution is -2.12. The second-order valence-electron chi connectivity index (χ2n) is 2.82. The Kier molecular flexibility index (Phi) is 4.05. The molecule has 4 nitrogen and oxygen atoms in total. The van der Waals surface area contributed by atoms with E-state index in [0.29, 0.717) is 5.56 Å². The standard InChI is InChI=1S/C10H11FO4/c1-14-10(13)6-15-9-3-7(5-12)2-8(11)4-9/h2-4,12H,5-6H2,1H3. The fourth-order valence-electron chi connectivity index (χ4n) is 0.997. The summed E-state index contributed by atoms with van der Waals surface area (Å²) in [6, 6.07) is 3.76. The third-order valence-electron chi connectivity index (χ3n) is 1.70. The van der Waals surface area contributed by atoms with Crippen LogP contribution in [0.4, 0.5) is 4.39 Å². The number of benzene rings is 1. The Morgan fingerprint density at radius 2 is 2.20 bits per heavy atom. The molecule has 0 bridgehead atoms. The molecule has 1 rings (SSSR count). The third kappa shape index (κ3) is 3.55. The lowest BCUT2D eigenvalue weighted by atomic mass is 10.2. The van der Waals surface area contributed by atoms with Gasteiger partial charge in [0, 0.05) is 6.07 Å². The van der Waals surface area contributed by atoms with E-state index in [0.717, 1.165) is 6.07 Å². The molecule has 0 saturated heterocycles. The molecule has 0 heterocycles. The van der Waals surface area contributed by atoms with Crippen LogP contribution in [0.3, 0.4) is 0 Å². The van der Waals surface area contributed by atoms with Crippen LogP contribution in [0.25, 0.3) is 0 Å². The van der Waals surface area contributed by atoms with Gasteiger partial charge in [-0.2, -0.15) is 0 Å². The summed E-state index contributed by atoms with van der Waals surface area (Å²) in [4.78, 5) is 10.7. The van der Waals surface area contributed by atoms with Gasteiger partial charge < -0.3 is 14.6 Å². The van der Waals surface area contributed by atoms with Crippen molar-refractivity contribution < 1.29 is 23.8 Å². The van der Waals surface area contributed by atoms with Crippen molar-refractivity contribution in [1.82, 2.24) is 0 Å². The first-order valence-electron chi connectivity index (χ1n) is 4.25. The van der Waals surface area contributed by atoms with Crippen LogP contribution in [0, 0.1) is 5.82 Å². The second kappa shape index (κ2) is 5.31. The lowest BCUT2D eigenvalue weighted by molar-refractivity contribution is -0.142. The van der Waals surface area contributed by atoms with Crippen molar-refractivity contribution in [1.29, 1.82) is 0 Å². The van der Waals surface area contributed by atoms with Crippen LogP contribution in [0.2, 0.25) is 0 Å². The average molecular weight is 214 g/mol. The van der Waals surface area contributed by atoms with E-state index in [4.69, 9.17) is 9.84 Å². The van der Waals surface area contributed by atoms with Crippen molar-refractivity contribution in [3.05, 3.63) is 29.6 Å². The van der Waals surface area contributed by atoms with Crippen LogP contribution < -0.4 is 4.74 Å². The largest absolute Gasteiger partial charge is 0.482 e. The second-order valence-corrected chi connectivity index (χ2v) is 2.82. The Morgan fingerprint density at radius 1 is 1.47 bits per heavy atom. The summed E-state index contributed by atoms with van der Waals surface area (Å²) in [5, 5.41) is 8.80. The first kappa shape index (κ1) is 11.5. The molecule has 0 aliphatic heterocycles. The van der Waals surface area contributed by atoms with Gasteiger partial charge in [-0.15, -0.1) is 0 Å². The number of methoxy groups -OCH3 is 1. The molecule has 0 fully saturated rings. The summed E-state index contributed by atoms with van der Waals surface area (Å²) in [6.07, 6.45) is 0. The molecule has 0 saturated carbocycles. The van der Waals surface area contributed by atoms with Crippen LogP contribution in [-0.4, -0.2) is 24.8 Å². The topological polar surface area (TPSA) is 55.8 Å². The summed E-state index contributed by atoms with van der Waals surface area (Å²) in [5.74, 6) is -0.893. The number of halogens is 1. The molecule has 0 amide bonds. The average Bonchev–Trinajstić information content (AvgIpc) is 2.25. The minimum Gasteiger partial charge on any atom is -0.482 e. The van der Waals surface area contributed by atoms with Crippen molar-refractivity contribution in [3.8, 4) is 5.75 Å². The van der Waals surface area contributed by atoms with Crippen molar-refractivity contribution >= 4 is 5.97 Å². The number of hydrogen-bond donors (Lipinski definition) is 1. The summed E-state index contributed by atoms with van der Waals surface area (Å²) >= 11 is 0. The van der Waals surface area contributed by atoms with Gasteiger partial charge in [-0.05, 0) is 17.7 Å². The Balaban J connectivity index is 2.68. The van der Waals surface area contributed by atoms with Gasteiger partial charge in [0.15, 0.2) is 6.61 Å². The summed E-state index contributed by atoms with van der Waals surface area (Å²) in [5.41, 5.74) is 0.384. The fourth-order valence-corrected chi connectivity index (χ4v) is 0.997. The number of aliphatic hydroxyl groups excluding tert-OH is 1. The van der Waals surface area contributed by atoms with E-state index in [9.17, 15) is 9.18 Å². The highest BCUT2D eigenvalue weighted by molar-refractivity contribution is 5.70. The summed E-state index contributed by atoms with van der Waals surface area (Å²) in [6.45, 7) is -0.572. The van der Waals surface area contributed by atoms with Gasteiger partial charge in [-0.3, -0.25) is 0 Å². The van der Waals surface area contributed by atoms with Gasteiger partial charge in [0.1, 0.15) is 11.6 Å². The fraction of sp³-hybridized carbons (Fsp3) is 0.300. The zero-order chi connectivity index (χ0) is 11.3. The highest BCUT2D eigenvalue weighted by Crippen LogP contribution is 2.16.